The van der Waals surface area contributed by atoms with Crippen molar-refractivity contribution >= 4 is 29.9 Å². The molecule has 0 bridgehead atoms. The Morgan fingerprint density at radius 1 is 1.20 bits per heavy atom. The summed E-state index contributed by atoms with van der Waals surface area (Å²) in [7, 11) is 3.79. The molecule has 0 atom stereocenters. The third-order valence-corrected chi connectivity index (χ3v) is 3.77. The number of guanidine groups is 1. The normalized spacial score (nSPS) is 11.2. The topological polar surface area (TPSA) is 50.6 Å². The van der Waals surface area contributed by atoms with Crippen LogP contribution in [0.1, 0.15) is 30.9 Å². The van der Waals surface area contributed by atoms with Crippen LogP contribution < -0.4 is 15.4 Å². The summed E-state index contributed by atoms with van der Waals surface area (Å²) >= 11 is 0. The summed E-state index contributed by atoms with van der Waals surface area (Å²) in [6, 6.07) is 10.3. The summed E-state index contributed by atoms with van der Waals surface area (Å²) in [5.41, 5.74) is 2.46. The van der Waals surface area contributed by atoms with Crippen LogP contribution in [0.15, 0.2) is 47.7 Å². The predicted octanol–water partition coefficient (Wildman–Crippen LogP) is 3.51. The second-order valence-corrected chi connectivity index (χ2v) is 6.08. The maximum Gasteiger partial charge on any atom is 0.191 e. The lowest BCUT2D eigenvalue weighted by atomic mass is 10.0. The van der Waals surface area contributed by atoms with E-state index in [0.29, 0.717) is 19.1 Å². The van der Waals surface area contributed by atoms with Crippen molar-refractivity contribution in [3.8, 4) is 5.75 Å². The Morgan fingerprint density at radius 2 is 1.96 bits per heavy atom. The summed E-state index contributed by atoms with van der Waals surface area (Å²) in [5, 5.41) is 6.57. The number of rotatable bonds is 7. The number of benzene rings is 1. The van der Waals surface area contributed by atoms with E-state index in [1.54, 1.807) is 7.05 Å². The lowest BCUT2D eigenvalue weighted by molar-refractivity contribution is 0.317. The van der Waals surface area contributed by atoms with Gasteiger partial charge in [-0.3, -0.25) is 4.99 Å². The van der Waals surface area contributed by atoms with Gasteiger partial charge in [0.1, 0.15) is 12.4 Å². The Labute approximate surface area is 167 Å². The summed E-state index contributed by atoms with van der Waals surface area (Å²) < 4.78 is 7.95. The lowest BCUT2D eigenvalue weighted by Crippen LogP contribution is -2.38. The third kappa shape index (κ3) is 6.97. The molecule has 138 valence electrons. The quantitative estimate of drug-likeness (QED) is 0.290. The summed E-state index contributed by atoms with van der Waals surface area (Å²) in [6.45, 7) is 6.39. The van der Waals surface area contributed by atoms with Crippen LogP contribution in [0.3, 0.4) is 0 Å². The standard InChI is InChI=1S/C19H28N4O.HI/c1-15(2)17-7-5-6-8-18(17)24-12-10-21-19(20-3)22-13-16-9-11-23(4)14-16;/h5-9,11,14-15H,10,12-13H2,1-4H3,(H2,20,21,22);1H. The first kappa shape index (κ1) is 21.3. The van der Waals surface area contributed by atoms with Crippen molar-refractivity contribution in [2.75, 3.05) is 20.2 Å². The molecule has 0 amide bonds. The Morgan fingerprint density at radius 3 is 2.60 bits per heavy atom. The number of aliphatic imine (C=N–C) groups is 1. The van der Waals surface area contributed by atoms with E-state index in [1.807, 2.05) is 29.9 Å². The molecule has 0 aliphatic carbocycles. The molecule has 0 saturated heterocycles. The molecule has 2 rings (SSSR count). The molecule has 0 aliphatic heterocycles. The number of aryl methyl sites for hydroxylation is 1. The van der Waals surface area contributed by atoms with Crippen LogP contribution in [0.2, 0.25) is 0 Å². The van der Waals surface area contributed by atoms with Crippen LogP contribution in [0.4, 0.5) is 0 Å². The fourth-order valence-electron chi connectivity index (χ4n) is 2.49. The first-order valence-electron chi connectivity index (χ1n) is 8.37. The number of nitrogens with zero attached hydrogens (tertiary/aromatic N) is 2. The molecule has 1 aromatic heterocycles. The minimum atomic E-state index is 0. The monoisotopic (exact) mass is 456 g/mol. The van der Waals surface area contributed by atoms with Crippen LogP contribution in [0.5, 0.6) is 5.75 Å². The Hall–Kier alpha value is -1.70. The van der Waals surface area contributed by atoms with Gasteiger partial charge >= 0.3 is 0 Å². The third-order valence-electron chi connectivity index (χ3n) is 3.77. The summed E-state index contributed by atoms with van der Waals surface area (Å²) in [4.78, 5) is 4.23. The fraction of sp³-hybridized carbons (Fsp3) is 0.421. The smallest absolute Gasteiger partial charge is 0.191 e. The average Bonchev–Trinajstić information content (AvgIpc) is 3.00. The van der Waals surface area contributed by atoms with E-state index in [2.05, 4.69) is 53.9 Å². The largest absolute Gasteiger partial charge is 0.491 e. The highest BCUT2D eigenvalue weighted by Gasteiger charge is 2.06. The molecular formula is C19H29IN4O. The maximum atomic E-state index is 5.91. The first-order valence-corrected chi connectivity index (χ1v) is 8.37. The van der Waals surface area contributed by atoms with Crippen molar-refractivity contribution in [1.29, 1.82) is 0 Å². The van der Waals surface area contributed by atoms with Gasteiger partial charge in [0.05, 0.1) is 6.54 Å². The van der Waals surface area contributed by atoms with Crippen LogP contribution in [0.25, 0.3) is 0 Å². The van der Waals surface area contributed by atoms with Crippen molar-refractivity contribution in [2.45, 2.75) is 26.3 Å². The number of para-hydroxylation sites is 1. The Bertz CT molecular complexity index is 667. The highest BCUT2D eigenvalue weighted by atomic mass is 127. The Kier molecular flexibility index (Phi) is 9.41. The Balaban J connectivity index is 0.00000312. The summed E-state index contributed by atoms with van der Waals surface area (Å²) in [5.74, 6) is 2.19. The van der Waals surface area contributed by atoms with Crippen LogP contribution in [0, 0.1) is 0 Å². The molecule has 0 spiro atoms. The van der Waals surface area contributed by atoms with Crippen LogP contribution >= 0.6 is 24.0 Å². The maximum absolute atomic E-state index is 5.91. The number of hydrogen-bond acceptors (Lipinski definition) is 2. The molecule has 0 saturated carbocycles. The molecule has 2 aromatic rings. The molecule has 1 heterocycles. The molecule has 0 aliphatic rings. The van der Waals surface area contributed by atoms with Gasteiger partial charge in [-0.15, -0.1) is 24.0 Å². The van der Waals surface area contributed by atoms with E-state index in [0.717, 1.165) is 18.3 Å². The number of nitrogens with one attached hydrogen (secondary N) is 2. The predicted molar refractivity (Wildman–Crippen MR) is 115 cm³/mol. The van der Waals surface area contributed by atoms with E-state index >= 15 is 0 Å². The van der Waals surface area contributed by atoms with Crippen molar-refractivity contribution in [3.63, 3.8) is 0 Å². The first-order chi connectivity index (χ1) is 11.6. The molecule has 6 heteroatoms. The lowest BCUT2D eigenvalue weighted by Gasteiger charge is -2.15. The molecule has 25 heavy (non-hydrogen) atoms. The molecule has 0 fully saturated rings. The molecule has 0 radical (unpaired) electrons. The highest BCUT2D eigenvalue weighted by molar-refractivity contribution is 14.0. The number of hydrogen-bond donors (Lipinski definition) is 2. The van der Waals surface area contributed by atoms with Gasteiger partial charge in [0.2, 0.25) is 0 Å². The van der Waals surface area contributed by atoms with E-state index < -0.39 is 0 Å². The molecule has 5 nitrogen and oxygen atoms in total. The molecule has 2 N–H and O–H groups in total. The molecule has 1 aromatic carbocycles. The van der Waals surface area contributed by atoms with Gasteiger partial charge in [0.25, 0.3) is 0 Å². The van der Waals surface area contributed by atoms with Crippen LogP contribution in [-0.4, -0.2) is 30.7 Å². The van der Waals surface area contributed by atoms with Crippen molar-refractivity contribution in [3.05, 3.63) is 53.9 Å². The average molecular weight is 456 g/mol. The van der Waals surface area contributed by atoms with E-state index in [1.165, 1.54) is 11.1 Å². The minimum absolute atomic E-state index is 0. The highest BCUT2D eigenvalue weighted by Crippen LogP contribution is 2.25. The second kappa shape index (κ2) is 11.0. The van der Waals surface area contributed by atoms with Gasteiger partial charge in [0.15, 0.2) is 5.96 Å². The van der Waals surface area contributed by atoms with Crippen molar-refractivity contribution in [2.24, 2.45) is 12.0 Å². The summed E-state index contributed by atoms with van der Waals surface area (Å²) in [6.07, 6.45) is 4.12. The van der Waals surface area contributed by atoms with Gasteiger partial charge in [-0.05, 0) is 29.2 Å². The van der Waals surface area contributed by atoms with E-state index in [-0.39, 0.29) is 24.0 Å². The van der Waals surface area contributed by atoms with Gasteiger partial charge in [0, 0.05) is 33.0 Å². The zero-order valence-electron chi connectivity index (χ0n) is 15.5. The fourth-order valence-corrected chi connectivity index (χ4v) is 2.49. The van der Waals surface area contributed by atoms with E-state index in [4.69, 9.17) is 4.74 Å². The van der Waals surface area contributed by atoms with Gasteiger partial charge < -0.3 is 19.9 Å². The zero-order chi connectivity index (χ0) is 17.4. The van der Waals surface area contributed by atoms with Gasteiger partial charge in [-0.25, -0.2) is 0 Å². The van der Waals surface area contributed by atoms with E-state index in [9.17, 15) is 0 Å². The van der Waals surface area contributed by atoms with Crippen molar-refractivity contribution < 1.29 is 4.74 Å². The molecule has 0 unspecified atom stereocenters. The van der Waals surface area contributed by atoms with Gasteiger partial charge in [-0.1, -0.05) is 32.0 Å². The van der Waals surface area contributed by atoms with Gasteiger partial charge in [-0.2, -0.15) is 0 Å². The van der Waals surface area contributed by atoms with Crippen LogP contribution in [-0.2, 0) is 13.6 Å². The SMILES string of the molecule is CN=C(NCCOc1ccccc1C(C)C)NCc1ccn(C)c1.I. The second-order valence-electron chi connectivity index (χ2n) is 6.08. The minimum Gasteiger partial charge on any atom is -0.491 e. The number of aromatic nitrogens is 1. The number of halogens is 1. The van der Waals surface area contributed by atoms with Crippen molar-refractivity contribution in [1.82, 2.24) is 15.2 Å². The molecular weight excluding hydrogens is 427 g/mol. The zero-order valence-corrected chi connectivity index (χ0v) is 17.8. The number of ether oxygens (including phenoxy) is 1.